The van der Waals surface area contributed by atoms with E-state index in [1.54, 1.807) is 7.11 Å². The Kier molecular flexibility index (Phi) is 5.03. The van der Waals surface area contributed by atoms with E-state index in [4.69, 9.17) is 4.74 Å². The molecule has 1 aliphatic heterocycles. The van der Waals surface area contributed by atoms with Gasteiger partial charge in [0, 0.05) is 11.6 Å². The highest BCUT2D eigenvalue weighted by Gasteiger charge is 2.26. The molecule has 0 unspecified atom stereocenters. The number of anilines is 1. The molecule has 1 aromatic carbocycles. The molecule has 1 fully saturated rings. The van der Waals surface area contributed by atoms with Crippen molar-refractivity contribution in [2.24, 2.45) is 0 Å². The van der Waals surface area contributed by atoms with Gasteiger partial charge in [0.2, 0.25) is 0 Å². The van der Waals surface area contributed by atoms with Gasteiger partial charge in [-0.3, -0.25) is 4.90 Å². The molecule has 1 aliphatic rings. The highest BCUT2D eigenvalue weighted by Crippen LogP contribution is 2.34. The Labute approximate surface area is 144 Å². The van der Waals surface area contributed by atoms with Gasteiger partial charge in [0.05, 0.1) is 17.8 Å². The van der Waals surface area contributed by atoms with E-state index in [2.05, 4.69) is 37.9 Å². The number of pyridine rings is 1. The highest BCUT2D eigenvalue weighted by atomic mass is 79.9. The quantitative estimate of drug-likeness (QED) is 0.828. The van der Waals surface area contributed by atoms with Crippen molar-refractivity contribution in [2.75, 3.05) is 38.2 Å². The van der Waals surface area contributed by atoms with Crippen LogP contribution in [0.3, 0.4) is 0 Å². The number of phenolic OH excluding ortho intramolecular Hbond substituents is 1. The maximum atomic E-state index is 9.90. The van der Waals surface area contributed by atoms with Gasteiger partial charge < -0.3 is 14.7 Å². The normalized spacial score (nSPS) is 15.7. The molecule has 3 N–H and O–H groups in total. The van der Waals surface area contributed by atoms with Gasteiger partial charge in [-0.2, -0.15) is 0 Å². The number of hydrogen-bond donors (Lipinski definition) is 2. The van der Waals surface area contributed by atoms with Crippen molar-refractivity contribution in [3.63, 3.8) is 0 Å². The Morgan fingerprint density at radius 2 is 2.09 bits per heavy atom. The smallest absolute Gasteiger partial charge is 0.274 e. The molecule has 23 heavy (non-hydrogen) atoms. The summed E-state index contributed by atoms with van der Waals surface area (Å²) < 4.78 is 5.91. The van der Waals surface area contributed by atoms with Crippen LogP contribution >= 0.6 is 15.9 Å². The van der Waals surface area contributed by atoms with E-state index < -0.39 is 0 Å². The van der Waals surface area contributed by atoms with Gasteiger partial charge in [0.25, 0.3) is 5.82 Å². The minimum Gasteiger partial charge on any atom is -0.503 e. The first-order valence-electron chi connectivity index (χ1n) is 7.78. The van der Waals surface area contributed by atoms with Crippen molar-refractivity contribution in [3.8, 4) is 11.5 Å². The summed E-state index contributed by atoms with van der Waals surface area (Å²) in [6.45, 7) is 5.17. The molecular formula is C17H22BrN3O2+2. The molecule has 2 aromatic rings. The zero-order valence-corrected chi connectivity index (χ0v) is 14.8. The lowest BCUT2D eigenvalue weighted by Gasteiger charge is -2.28. The van der Waals surface area contributed by atoms with Crippen LogP contribution in [-0.4, -0.2) is 38.4 Å². The molecule has 0 spiro atoms. The van der Waals surface area contributed by atoms with Crippen LogP contribution in [0.5, 0.6) is 11.5 Å². The monoisotopic (exact) mass is 379 g/mol. The number of phenols is 1. The van der Waals surface area contributed by atoms with Crippen LogP contribution in [0, 0.1) is 0 Å². The zero-order valence-electron chi connectivity index (χ0n) is 13.2. The summed E-state index contributed by atoms with van der Waals surface area (Å²) in [5, 5.41) is 9.90. The van der Waals surface area contributed by atoms with Crippen LogP contribution < -0.4 is 19.5 Å². The van der Waals surface area contributed by atoms with Crippen molar-refractivity contribution < 1.29 is 19.7 Å². The van der Waals surface area contributed by atoms with Crippen LogP contribution in [0.1, 0.15) is 5.56 Å². The predicted octanol–water partition coefficient (Wildman–Crippen LogP) is 0.883. The van der Waals surface area contributed by atoms with Crippen molar-refractivity contribution in [2.45, 2.75) is 6.54 Å². The van der Waals surface area contributed by atoms with Crippen LogP contribution in [-0.2, 0) is 6.54 Å². The second-order valence-corrected chi connectivity index (χ2v) is 6.64. The van der Waals surface area contributed by atoms with Gasteiger partial charge in [-0.1, -0.05) is 6.07 Å². The molecule has 0 radical (unpaired) electrons. The number of H-pyrrole nitrogens is 1. The maximum Gasteiger partial charge on any atom is 0.274 e. The summed E-state index contributed by atoms with van der Waals surface area (Å²) in [5.74, 6) is 1.86. The number of aromatic nitrogens is 1. The number of halogens is 1. The molecule has 1 saturated heterocycles. The third-order valence-corrected chi connectivity index (χ3v) is 4.87. The minimum atomic E-state index is 0.163. The summed E-state index contributed by atoms with van der Waals surface area (Å²) >= 11 is 3.39. The molecule has 0 bridgehead atoms. The van der Waals surface area contributed by atoms with Gasteiger partial charge in [0.1, 0.15) is 32.7 Å². The first kappa shape index (κ1) is 16.1. The Balaban J connectivity index is 1.62. The lowest BCUT2D eigenvalue weighted by Crippen LogP contribution is -3.13. The highest BCUT2D eigenvalue weighted by molar-refractivity contribution is 9.10. The topological polar surface area (TPSA) is 51.3 Å². The van der Waals surface area contributed by atoms with E-state index in [-0.39, 0.29) is 5.75 Å². The van der Waals surface area contributed by atoms with Gasteiger partial charge >= 0.3 is 0 Å². The van der Waals surface area contributed by atoms with Crippen molar-refractivity contribution in [1.29, 1.82) is 0 Å². The SMILES string of the molecule is COc1cc(C[NH+]2CCN(c3cccc[nH+]3)CC2)cc(Br)c1O. The molecular weight excluding hydrogens is 358 g/mol. The minimum absolute atomic E-state index is 0.163. The Hall–Kier alpha value is -1.79. The second kappa shape index (κ2) is 7.19. The lowest BCUT2D eigenvalue weighted by molar-refractivity contribution is -0.914. The van der Waals surface area contributed by atoms with E-state index in [1.807, 2.05) is 24.4 Å². The van der Waals surface area contributed by atoms with E-state index in [0.717, 1.165) is 32.7 Å². The van der Waals surface area contributed by atoms with Crippen LogP contribution in [0.2, 0.25) is 0 Å². The zero-order chi connectivity index (χ0) is 16.2. The Morgan fingerprint density at radius 1 is 1.30 bits per heavy atom. The standard InChI is InChI=1S/C17H20BrN3O2/c1-23-15-11-13(10-14(18)17(15)22)12-20-6-8-21(9-7-20)16-4-2-3-5-19-16/h2-5,10-11,22H,6-9,12H2,1H3/p+2. The summed E-state index contributed by atoms with van der Waals surface area (Å²) in [6.07, 6.45) is 1.97. The van der Waals surface area contributed by atoms with E-state index in [9.17, 15) is 5.11 Å². The number of rotatable bonds is 4. The summed E-state index contributed by atoms with van der Waals surface area (Å²) in [6, 6.07) is 10.1. The molecule has 2 heterocycles. The summed E-state index contributed by atoms with van der Waals surface area (Å²) in [4.78, 5) is 7.22. The number of piperazine rings is 1. The van der Waals surface area contributed by atoms with Crippen LogP contribution in [0.25, 0.3) is 0 Å². The number of aromatic hydroxyl groups is 1. The third-order valence-electron chi connectivity index (χ3n) is 4.27. The van der Waals surface area contributed by atoms with E-state index in [1.165, 1.54) is 16.3 Å². The molecule has 0 aliphatic carbocycles. The number of quaternary nitrogens is 1. The predicted molar refractivity (Wildman–Crippen MR) is 92.0 cm³/mol. The largest absolute Gasteiger partial charge is 0.503 e. The average Bonchev–Trinajstić information content (AvgIpc) is 2.59. The van der Waals surface area contributed by atoms with E-state index in [0.29, 0.717) is 10.2 Å². The van der Waals surface area contributed by atoms with Gasteiger partial charge in [-0.05, 0) is 34.1 Å². The number of methoxy groups -OCH3 is 1. The number of nitrogens with one attached hydrogen (secondary N) is 2. The lowest BCUT2D eigenvalue weighted by atomic mass is 10.1. The molecule has 0 amide bonds. The summed E-state index contributed by atoms with van der Waals surface area (Å²) in [7, 11) is 1.58. The molecule has 3 rings (SSSR count). The number of benzene rings is 1. The third kappa shape index (κ3) is 3.76. The second-order valence-electron chi connectivity index (χ2n) is 5.79. The Morgan fingerprint density at radius 3 is 2.74 bits per heavy atom. The number of ether oxygens (including phenoxy) is 1. The Bertz CT molecular complexity index is 658. The van der Waals surface area contributed by atoms with Crippen LogP contribution in [0.15, 0.2) is 41.0 Å². The van der Waals surface area contributed by atoms with Gasteiger partial charge in [-0.25, -0.2) is 4.98 Å². The number of aromatic amines is 1. The van der Waals surface area contributed by atoms with Crippen LogP contribution in [0.4, 0.5) is 5.82 Å². The van der Waals surface area contributed by atoms with Crippen molar-refractivity contribution in [1.82, 2.24) is 0 Å². The number of hydrogen-bond acceptors (Lipinski definition) is 3. The molecule has 122 valence electrons. The fourth-order valence-electron chi connectivity index (χ4n) is 2.99. The van der Waals surface area contributed by atoms with Crippen molar-refractivity contribution in [3.05, 3.63) is 46.6 Å². The molecule has 0 saturated carbocycles. The van der Waals surface area contributed by atoms with Gasteiger partial charge in [0.15, 0.2) is 11.5 Å². The molecule has 1 aromatic heterocycles. The molecule has 6 heteroatoms. The molecule has 0 atom stereocenters. The first-order chi connectivity index (χ1) is 11.2. The fourth-order valence-corrected chi connectivity index (χ4v) is 3.48. The van der Waals surface area contributed by atoms with Crippen molar-refractivity contribution >= 4 is 21.7 Å². The fraction of sp³-hybridized carbons (Fsp3) is 0.353. The maximum absolute atomic E-state index is 9.90. The summed E-state index contributed by atoms with van der Waals surface area (Å²) in [5.41, 5.74) is 1.17. The molecule has 5 nitrogen and oxygen atoms in total. The van der Waals surface area contributed by atoms with Gasteiger partial charge in [-0.15, -0.1) is 0 Å². The first-order valence-corrected chi connectivity index (χ1v) is 8.57. The number of nitrogens with zero attached hydrogens (tertiary/aromatic N) is 1. The average molecular weight is 380 g/mol. The van der Waals surface area contributed by atoms with E-state index >= 15 is 0 Å².